The largest absolute Gasteiger partial charge is 0.443 e. The molecule has 73 heavy (non-hydrogen) atoms. The van der Waals surface area contributed by atoms with Crippen LogP contribution in [0.4, 0.5) is 30.2 Å². The lowest BCUT2D eigenvalue weighted by Crippen LogP contribution is -2.58. The minimum Gasteiger partial charge on any atom is -0.443 e. The smallest absolute Gasteiger partial charge is 0.417 e. The Bertz CT molecular complexity index is 2930. The molecule has 0 saturated carbocycles. The van der Waals surface area contributed by atoms with E-state index in [1.54, 1.807) is 82.0 Å². The third-order valence-corrected chi connectivity index (χ3v) is 13.0. The Morgan fingerprint density at radius 1 is 0.945 bits per heavy atom. The predicted octanol–water partition coefficient (Wildman–Crippen LogP) is 7.67. The van der Waals surface area contributed by atoms with E-state index in [0.29, 0.717) is 23.6 Å². The highest BCUT2D eigenvalue weighted by Gasteiger charge is 2.51. The van der Waals surface area contributed by atoms with Gasteiger partial charge in [0.15, 0.2) is 17.3 Å². The van der Waals surface area contributed by atoms with Gasteiger partial charge in [-0.25, -0.2) is 4.98 Å². The number of rotatable bonds is 16. The molecule has 0 spiro atoms. The number of aliphatic hydroxyl groups excluding tert-OH is 1. The van der Waals surface area contributed by atoms with Crippen molar-refractivity contribution in [1.29, 1.82) is 5.26 Å². The number of alkyl halides is 3. The monoisotopic (exact) mass is 1020 g/mol. The lowest BCUT2D eigenvalue weighted by Gasteiger charge is -2.35. The van der Waals surface area contributed by atoms with Crippen molar-refractivity contribution in [2.45, 2.75) is 97.3 Å². The summed E-state index contributed by atoms with van der Waals surface area (Å²) in [6.45, 7) is 10.2. The zero-order chi connectivity index (χ0) is 53.0. The van der Waals surface area contributed by atoms with Gasteiger partial charge in [-0.2, -0.15) is 18.4 Å². The van der Waals surface area contributed by atoms with Crippen LogP contribution in [0.5, 0.6) is 0 Å². The summed E-state index contributed by atoms with van der Waals surface area (Å²) in [6, 6.07) is 24.2. The molecule has 20 heteroatoms. The summed E-state index contributed by atoms with van der Waals surface area (Å²) >= 11 is 5.66. The molecule has 4 aromatic carbocycles. The van der Waals surface area contributed by atoms with Crippen LogP contribution in [0, 0.1) is 23.7 Å². The number of β-amino-alcohol motifs (C(OH)–C–C–N with tert-alkyl or cyclic N) is 1. The molecule has 0 bridgehead atoms. The number of likely N-dealkylation sites (tertiary alicyclic amines) is 1. The number of aliphatic hydroxyl groups is 1. The number of carbonyl (C=O) groups excluding carboxylic acids is 5. The third kappa shape index (κ3) is 12.1. The number of thiocarbonyl (C=S) groups is 1. The van der Waals surface area contributed by atoms with E-state index in [2.05, 4.69) is 20.9 Å². The van der Waals surface area contributed by atoms with E-state index in [1.807, 2.05) is 43.3 Å². The van der Waals surface area contributed by atoms with E-state index >= 15 is 0 Å². The Morgan fingerprint density at radius 3 is 2.18 bits per heavy atom. The number of halogens is 3. The number of hydrogen-bond donors (Lipinski definition) is 4. The molecule has 4 N–H and O–H groups in total. The fraction of sp³-hybridized carbons (Fsp3) is 0.358. The number of aryl methyl sites for hydroxylation is 1. The first-order valence-electron chi connectivity index (χ1n) is 23.4. The maximum absolute atomic E-state index is 14.0. The highest BCUT2D eigenvalue weighted by molar-refractivity contribution is 7.81. The number of oxazole rings is 1. The van der Waals surface area contributed by atoms with Crippen LogP contribution in [-0.2, 0) is 41.4 Å². The van der Waals surface area contributed by atoms with Crippen LogP contribution in [0.1, 0.15) is 76.3 Å². The molecular weight excluding hydrogens is 966 g/mol. The Morgan fingerprint density at radius 2 is 1.58 bits per heavy atom. The van der Waals surface area contributed by atoms with Crippen molar-refractivity contribution in [3.8, 4) is 28.5 Å². The van der Waals surface area contributed by atoms with Crippen molar-refractivity contribution in [2.24, 2.45) is 5.41 Å². The number of amides is 5. The molecule has 3 atom stereocenters. The number of aromatic nitrogens is 1. The molecule has 1 unspecified atom stereocenters. The first-order chi connectivity index (χ1) is 34.5. The number of benzene rings is 4. The number of hydrogen-bond acceptors (Lipinski definition) is 11. The normalized spacial score (nSPS) is 17.1. The number of ether oxygens (including phenoxy) is 1. The number of nitriles is 1. The summed E-state index contributed by atoms with van der Waals surface area (Å²) in [5, 5.41) is 28.2. The maximum atomic E-state index is 14.0. The molecule has 2 aliphatic rings. The van der Waals surface area contributed by atoms with Crippen molar-refractivity contribution in [2.75, 3.05) is 34.9 Å². The highest BCUT2D eigenvalue weighted by atomic mass is 32.1. The summed E-state index contributed by atoms with van der Waals surface area (Å²) in [7, 11) is 0. The van der Waals surface area contributed by atoms with Gasteiger partial charge in [-0.15, -0.1) is 0 Å². The number of carbonyl (C=O) groups is 5. The molecule has 2 fully saturated rings. The van der Waals surface area contributed by atoms with Crippen LogP contribution in [0.3, 0.4) is 0 Å². The minimum absolute atomic E-state index is 0.0231. The first kappa shape index (κ1) is 53.3. The van der Waals surface area contributed by atoms with Crippen LogP contribution >= 0.6 is 12.2 Å². The quantitative estimate of drug-likeness (QED) is 0.0555. The van der Waals surface area contributed by atoms with Gasteiger partial charge in [-0.3, -0.25) is 28.9 Å². The lowest BCUT2D eigenvalue weighted by atomic mass is 9.85. The molecule has 5 aromatic rings. The van der Waals surface area contributed by atoms with E-state index < -0.39 is 70.1 Å². The van der Waals surface area contributed by atoms with Crippen molar-refractivity contribution in [1.82, 2.24) is 20.5 Å². The van der Waals surface area contributed by atoms with E-state index in [4.69, 9.17) is 21.4 Å². The number of anilines is 3. The molecule has 5 amide bonds. The van der Waals surface area contributed by atoms with Gasteiger partial charge in [0.1, 0.15) is 24.2 Å². The summed E-state index contributed by atoms with van der Waals surface area (Å²) in [6.07, 6.45) is -3.95. The molecule has 16 nitrogen and oxygen atoms in total. The predicted molar refractivity (Wildman–Crippen MR) is 269 cm³/mol. The lowest BCUT2D eigenvalue weighted by molar-refractivity contribution is -0.144. The molecule has 7 rings (SSSR count). The van der Waals surface area contributed by atoms with Crippen LogP contribution < -0.4 is 25.8 Å². The van der Waals surface area contributed by atoms with Gasteiger partial charge >= 0.3 is 6.18 Å². The maximum Gasteiger partial charge on any atom is 0.417 e. The van der Waals surface area contributed by atoms with Crippen LogP contribution in [0.25, 0.3) is 22.5 Å². The zero-order valence-corrected chi connectivity index (χ0v) is 41.8. The van der Waals surface area contributed by atoms with Crippen molar-refractivity contribution < 1.29 is 51.4 Å². The molecule has 1 aromatic heterocycles. The van der Waals surface area contributed by atoms with E-state index in [9.17, 15) is 47.5 Å². The molecular formula is C53H55F3N8O8S. The van der Waals surface area contributed by atoms with Gasteiger partial charge in [-0.05, 0) is 104 Å². The molecule has 3 heterocycles. The molecule has 382 valence electrons. The Balaban J connectivity index is 0.856. The van der Waals surface area contributed by atoms with Crippen LogP contribution in [0.15, 0.2) is 102 Å². The topological polar surface area (TPSA) is 210 Å². The summed E-state index contributed by atoms with van der Waals surface area (Å²) in [5.74, 6) is -1.67. The Kier molecular flexibility index (Phi) is 15.9. The van der Waals surface area contributed by atoms with Crippen molar-refractivity contribution >= 4 is 63.9 Å². The molecule has 0 radical (unpaired) electrons. The summed E-state index contributed by atoms with van der Waals surface area (Å²) in [5.41, 5.74) is 1.21. The summed E-state index contributed by atoms with van der Waals surface area (Å²) in [4.78, 5) is 75.0. The standard InChI is InChI=1S/C53H55F3N8O8S/c1-31-45(72-30-59-31)35-11-9-32(10-12-35)27-58-47(68)42-25-40(65)28-62(42)48(69)46(51(2,3)4)61-44(67)29-71-23-7-8-43(66)60-37-18-13-33(14-19-37)34-15-20-38(21-16-34)64-50(73)63(49(70)52(64,5)6)39-22-17-36(26-57)41(24-39)53(54,55)56/h9-22,24,30,40,42,46,65H,7-8,23,25,27-29H2,1-6H3,(H,58,68)(H,60,66)(H,61,67)/t40-,42+,46?/m1/s1. The fourth-order valence-electron chi connectivity index (χ4n) is 8.71. The molecule has 2 aliphatic heterocycles. The third-order valence-electron chi connectivity index (χ3n) is 12.6. The van der Waals surface area contributed by atoms with Gasteiger partial charge in [0.2, 0.25) is 23.6 Å². The first-order valence-corrected chi connectivity index (χ1v) is 23.8. The summed E-state index contributed by atoms with van der Waals surface area (Å²) < 4.78 is 52.3. The van der Waals surface area contributed by atoms with Gasteiger partial charge < -0.3 is 40.0 Å². The highest BCUT2D eigenvalue weighted by Crippen LogP contribution is 2.40. The van der Waals surface area contributed by atoms with E-state index in [0.717, 1.165) is 45.0 Å². The average molecular weight is 1020 g/mol. The van der Waals surface area contributed by atoms with Gasteiger partial charge in [-0.1, -0.05) is 69.3 Å². The van der Waals surface area contributed by atoms with E-state index in [1.165, 1.54) is 17.4 Å². The fourth-order valence-corrected chi connectivity index (χ4v) is 9.24. The minimum atomic E-state index is -4.82. The van der Waals surface area contributed by atoms with Crippen LogP contribution in [0.2, 0.25) is 0 Å². The van der Waals surface area contributed by atoms with Gasteiger partial charge in [0, 0.05) is 49.5 Å². The zero-order valence-electron chi connectivity index (χ0n) is 41.0. The van der Waals surface area contributed by atoms with Gasteiger partial charge in [0.25, 0.3) is 5.91 Å². The molecule has 2 saturated heterocycles. The van der Waals surface area contributed by atoms with Crippen LogP contribution in [-0.4, -0.2) is 93.1 Å². The van der Waals surface area contributed by atoms with Gasteiger partial charge in [0.05, 0.1) is 34.7 Å². The van der Waals surface area contributed by atoms with Crippen molar-refractivity contribution in [3.05, 3.63) is 120 Å². The van der Waals surface area contributed by atoms with E-state index in [-0.39, 0.29) is 55.9 Å². The SMILES string of the molecule is Cc1ncoc1-c1ccc(CNC(=O)[C@@H]2C[C@@H](O)CN2C(=O)C(NC(=O)COCCCC(=O)Nc2ccc(-c3ccc(N4C(=S)N(c5ccc(C#N)c(C(F)(F)F)c5)C(=O)C4(C)C)cc3)cc2)C(C)(C)C)cc1. The average Bonchev–Trinajstić information content (AvgIpc) is 4.01. The molecule has 0 aliphatic carbocycles. The second-order valence-corrected chi connectivity index (χ2v) is 19.8. The number of nitrogens with one attached hydrogen (secondary N) is 3. The Labute approximate surface area is 425 Å². The second kappa shape index (κ2) is 21.7. The van der Waals surface area contributed by atoms with Crippen molar-refractivity contribution in [3.63, 3.8) is 0 Å². The Hall–Kier alpha value is -7.47. The second-order valence-electron chi connectivity index (χ2n) is 19.4. The number of nitrogens with zero attached hydrogens (tertiary/aromatic N) is 5.